The first kappa shape index (κ1) is 16.5. The van der Waals surface area contributed by atoms with Crippen molar-refractivity contribution in [1.82, 2.24) is 15.3 Å². The summed E-state index contributed by atoms with van der Waals surface area (Å²) in [5.74, 6) is 0.132. The van der Waals surface area contributed by atoms with E-state index >= 15 is 0 Å². The molecule has 1 aromatic carbocycles. The van der Waals surface area contributed by atoms with Crippen molar-refractivity contribution in [1.29, 1.82) is 5.26 Å². The molecule has 6 nitrogen and oxygen atoms in total. The number of halogens is 1. The Morgan fingerprint density at radius 2 is 2.19 bits per heavy atom. The fraction of sp³-hybridized carbons (Fsp3) is 0.368. The first-order chi connectivity index (χ1) is 12.6. The quantitative estimate of drug-likeness (QED) is 0.864. The van der Waals surface area contributed by atoms with Crippen LogP contribution in [0.5, 0.6) is 0 Å². The van der Waals surface area contributed by atoms with Gasteiger partial charge in [-0.25, -0.2) is 14.4 Å². The van der Waals surface area contributed by atoms with Gasteiger partial charge in [-0.3, -0.25) is 4.79 Å². The second-order valence-corrected chi connectivity index (χ2v) is 6.82. The number of alkyl halides is 1. The van der Waals surface area contributed by atoms with Crippen LogP contribution in [0.15, 0.2) is 30.6 Å². The summed E-state index contributed by atoms with van der Waals surface area (Å²) in [4.78, 5) is 20.0. The fourth-order valence-corrected chi connectivity index (χ4v) is 3.22. The molecule has 1 fully saturated rings. The Balaban J connectivity index is 1.39. The number of aryl methyl sites for hydroxylation is 1. The highest BCUT2D eigenvalue weighted by atomic mass is 19.1. The van der Waals surface area contributed by atoms with Crippen molar-refractivity contribution in [3.63, 3.8) is 0 Å². The number of fused-ring (bicyclic) bond motifs is 1. The van der Waals surface area contributed by atoms with Gasteiger partial charge in [-0.2, -0.15) is 5.26 Å². The first-order valence-electron chi connectivity index (χ1n) is 8.65. The number of carbonyl (C=O) groups excluding carboxylic acids is 1. The molecule has 1 unspecified atom stereocenters. The molecule has 0 bridgehead atoms. The lowest BCUT2D eigenvalue weighted by Gasteiger charge is -2.16. The van der Waals surface area contributed by atoms with E-state index < -0.39 is 11.6 Å². The molecule has 2 N–H and O–H groups in total. The van der Waals surface area contributed by atoms with E-state index in [0.717, 1.165) is 24.0 Å². The fourth-order valence-electron chi connectivity index (χ4n) is 3.22. The first-order valence-corrected chi connectivity index (χ1v) is 8.65. The molecule has 7 heteroatoms. The van der Waals surface area contributed by atoms with Crippen LogP contribution >= 0.6 is 0 Å². The van der Waals surface area contributed by atoms with Crippen molar-refractivity contribution in [2.24, 2.45) is 0 Å². The average molecular weight is 351 g/mol. The summed E-state index contributed by atoms with van der Waals surface area (Å²) in [7, 11) is 0. The minimum Gasteiger partial charge on any atom is -0.365 e. The Labute approximate surface area is 150 Å². The molecule has 1 aromatic heterocycles. The number of aromatic nitrogens is 2. The van der Waals surface area contributed by atoms with Crippen LogP contribution in [0.3, 0.4) is 0 Å². The number of carbonyl (C=O) groups is 1. The predicted molar refractivity (Wildman–Crippen MR) is 92.8 cm³/mol. The third-order valence-electron chi connectivity index (χ3n) is 4.93. The second kappa shape index (κ2) is 6.37. The largest absolute Gasteiger partial charge is 0.365 e. The number of anilines is 1. The molecule has 1 saturated carbocycles. The van der Waals surface area contributed by atoms with Crippen LogP contribution < -0.4 is 10.6 Å². The zero-order valence-corrected chi connectivity index (χ0v) is 14.1. The Morgan fingerprint density at radius 1 is 1.35 bits per heavy atom. The normalized spacial score (nSPS) is 19.3. The molecule has 1 amide bonds. The molecule has 0 aliphatic heterocycles. The molecule has 0 radical (unpaired) electrons. The summed E-state index contributed by atoms with van der Waals surface area (Å²) in [5, 5.41) is 14.8. The number of benzene rings is 1. The number of nitrogens with one attached hydrogen (secondary N) is 2. The maximum Gasteiger partial charge on any atom is 0.258 e. The predicted octanol–water partition coefficient (Wildman–Crippen LogP) is 2.57. The summed E-state index contributed by atoms with van der Waals surface area (Å²) in [6.45, 7) is 0.582. The summed E-state index contributed by atoms with van der Waals surface area (Å²) in [6.07, 6.45) is 5.29. The molecular weight excluding hydrogens is 333 g/mol. The van der Waals surface area contributed by atoms with E-state index in [1.807, 2.05) is 18.2 Å². The van der Waals surface area contributed by atoms with Crippen molar-refractivity contribution in [3.8, 4) is 6.07 Å². The van der Waals surface area contributed by atoms with E-state index in [-0.39, 0.29) is 11.7 Å². The van der Waals surface area contributed by atoms with Crippen molar-refractivity contribution < 1.29 is 9.18 Å². The topological polar surface area (TPSA) is 90.7 Å². The average Bonchev–Trinajstić information content (AvgIpc) is 3.31. The lowest BCUT2D eigenvalue weighted by atomic mass is 10.0. The zero-order valence-electron chi connectivity index (χ0n) is 14.1. The summed E-state index contributed by atoms with van der Waals surface area (Å²) >= 11 is 0. The molecule has 0 saturated heterocycles. The minimum atomic E-state index is -1.63. The lowest BCUT2D eigenvalue weighted by Crippen LogP contribution is -2.35. The number of nitriles is 1. The van der Waals surface area contributed by atoms with Gasteiger partial charge in [0, 0.05) is 6.54 Å². The molecule has 2 aliphatic carbocycles. The van der Waals surface area contributed by atoms with Gasteiger partial charge in [0.2, 0.25) is 0 Å². The van der Waals surface area contributed by atoms with Gasteiger partial charge in [-0.05, 0) is 42.4 Å². The highest BCUT2D eigenvalue weighted by molar-refractivity contribution is 5.88. The second-order valence-electron chi connectivity index (χ2n) is 6.82. The van der Waals surface area contributed by atoms with Crippen molar-refractivity contribution in [3.05, 3.63) is 53.0 Å². The molecular formula is C19H18FN5O. The van der Waals surface area contributed by atoms with Crippen LogP contribution in [-0.2, 0) is 17.8 Å². The van der Waals surface area contributed by atoms with Gasteiger partial charge >= 0.3 is 0 Å². The summed E-state index contributed by atoms with van der Waals surface area (Å²) < 4.78 is 13.8. The van der Waals surface area contributed by atoms with Crippen LogP contribution in [0.2, 0.25) is 0 Å². The molecule has 1 heterocycles. The standard InChI is InChI=1S/C19H18FN5O/c20-19(5-6-19)18(26)25-16-4-2-13-7-12(1-3-15(13)16)9-23-17-11-22-14(8-21)10-24-17/h1,3,7,10-11,16H,2,4-6,9H2,(H,23,24)(H,25,26). The molecule has 26 heavy (non-hydrogen) atoms. The van der Waals surface area contributed by atoms with Gasteiger partial charge in [0.1, 0.15) is 11.9 Å². The number of rotatable bonds is 5. The number of hydrogen-bond acceptors (Lipinski definition) is 5. The van der Waals surface area contributed by atoms with E-state index in [9.17, 15) is 9.18 Å². The number of amides is 1. The minimum absolute atomic E-state index is 0.0999. The van der Waals surface area contributed by atoms with E-state index in [1.165, 1.54) is 18.0 Å². The molecule has 4 rings (SSSR count). The van der Waals surface area contributed by atoms with Gasteiger partial charge in [-0.1, -0.05) is 18.2 Å². The SMILES string of the molecule is N#Cc1cnc(NCc2ccc3c(c2)CCC3NC(=O)C2(F)CC2)cn1. The van der Waals surface area contributed by atoms with Gasteiger partial charge in [-0.15, -0.1) is 0 Å². The monoisotopic (exact) mass is 351 g/mol. The lowest BCUT2D eigenvalue weighted by molar-refractivity contribution is -0.128. The molecule has 2 aromatic rings. The molecule has 132 valence electrons. The van der Waals surface area contributed by atoms with Gasteiger partial charge in [0.15, 0.2) is 11.4 Å². The van der Waals surface area contributed by atoms with Gasteiger partial charge in [0.05, 0.1) is 18.4 Å². The van der Waals surface area contributed by atoms with Gasteiger partial charge in [0.25, 0.3) is 5.91 Å². The van der Waals surface area contributed by atoms with Crippen LogP contribution in [-0.4, -0.2) is 21.5 Å². The van der Waals surface area contributed by atoms with Crippen LogP contribution in [0.25, 0.3) is 0 Å². The Kier molecular flexibility index (Phi) is 4.03. The Morgan fingerprint density at radius 3 is 2.88 bits per heavy atom. The summed E-state index contributed by atoms with van der Waals surface area (Å²) in [6, 6.07) is 7.94. The van der Waals surface area contributed by atoms with Crippen LogP contribution in [0.1, 0.15) is 47.7 Å². The molecule has 2 aliphatic rings. The number of hydrogen-bond donors (Lipinski definition) is 2. The number of nitrogens with zero attached hydrogens (tertiary/aromatic N) is 3. The van der Waals surface area contributed by atoms with E-state index in [2.05, 4.69) is 26.7 Å². The van der Waals surface area contributed by atoms with Crippen molar-refractivity contribution >= 4 is 11.7 Å². The van der Waals surface area contributed by atoms with Gasteiger partial charge < -0.3 is 10.6 Å². The third-order valence-corrected chi connectivity index (χ3v) is 4.93. The molecule has 1 atom stereocenters. The van der Waals surface area contributed by atoms with Crippen molar-refractivity contribution in [2.45, 2.75) is 43.9 Å². The van der Waals surface area contributed by atoms with Crippen LogP contribution in [0.4, 0.5) is 10.2 Å². The zero-order chi connectivity index (χ0) is 18.1. The highest BCUT2D eigenvalue weighted by Crippen LogP contribution is 2.41. The smallest absolute Gasteiger partial charge is 0.258 e. The van der Waals surface area contributed by atoms with Crippen molar-refractivity contribution in [2.75, 3.05) is 5.32 Å². The maximum atomic E-state index is 13.8. The Bertz CT molecular complexity index is 886. The third kappa shape index (κ3) is 3.23. The maximum absolute atomic E-state index is 13.8. The highest BCUT2D eigenvalue weighted by Gasteiger charge is 2.51. The van der Waals surface area contributed by atoms with Crippen LogP contribution in [0, 0.1) is 11.3 Å². The Hall–Kier alpha value is -3.01. The van der Waals surface area contributed by atoms with E-state index in [1.54, 1.807) is 0 Å². The summed E-state index contributed by atoms with van der Waals surface area (Å²) in [5.41, 5.74) is 2.00. The van der Waals surface area contributed by atoms with E-state index in [4.69, 9.17) is 5.26 Å². The van der Waals surface area contributed by atoms with E-state index in [0.29, 0.717) is 25.2 Å². The molecule has 0 spiro atoms.